The molecule has 1 amide bonds. The minimum absolute atomic E-state index is 0. The average molecular weight is 410 g/mol. The van der Waals surface area contributed by atoms with Crippen LogP contribution in [0, 0.1) is 0 Å². The summed E-state index contributed by atoms with van der Waals surface area (Å²) in [6, 6.07) is 5.26. The molecule has 1 aromatic carbocycles. The molecule has 1 saturated heterocycles. The van der Waals surface area contributed by atoms with Gasteiger partial charge in [0.15, 0.2) is 0 Å². The second kappa shape index (κ2) is 11.8. The van der Waals surface area contributed by atoms with Gasteiger partial charge in [-0.3, -0.25) is 4.79 Å². The summed E-state index contributed by atoms with van der Waals surface area (Å²) < 4.78 is 5.98. The number of halogens is 3. The molecule has 1 unspecified atom stereocenters. The lowest BCUT2D eigenvalue weighted by Gasteiger charge is -2.33. The highest BCUT2D eigenvalue weighted by molar-refractivity contribution is 6.42. The molecule has 1 atom stereocenters. The zero-order valence-electron chi connectivity index (χ0n) is 14.4. The molecule has 2 rings (SSSR count). The second-order valence-electron chi connectivity index (χ2n) is 6.25. The highest BCUT2D eigenvalue weighted by atomic mass is 35.5. The standard InChI is InChI=1S/C18H26Cl2N2O2.ClH/c19-16-9-8-14(12-17(16)20)24-15-6-5-11-22(13-15)18(23)7-3-1-2-4-10-21;/h8-9,12,15H,1-7,10-11,13,21H2;1H. The van der Waals surface area contributed by atoms with Gasteiger partial charge in [0, 0.05) is 19.0 Å². The van der Waals surface area contributed by atoms with Crippen molar-refractivity contribution in [2.45, 2.75) is 51.0 Å². The Kier molecular flexibility index (Phi) is 10.6. The predicted octanol–water partition coefficient (Wildman–Crippen LogP) is 4.69. The van der Waals surface area contributed by atoms with Crippen LogP contribution < -0.4 is 10.5 Å². The number of benzene rings is 1. The van der Waals surface area contributed by atoms with Gasteiger partial charge in [-0.05, 0) is 44.4 Å². The van der Waals surface area contributed by atoms with Gasteiger partial charge in [0.25, 0.3) is 0 Å². The van der Waals surface area contributed by atoms with E-state index in [1.807, 2.05) is 11.0 Å². The molecule has 0 aliphatic carbocycles. The van der Waals surface area contributed by atoms with Gasteiger partial charge in [-0.1, -0.05) is 36.0 Å². The first-order valence-corrected chi connectivity index (χ1v) is 9.45. The van der Waals surface area contributed by atoms with Gasteiger partial charge in [-0.2, -0.15) is 0 Å². The summed E-state index contributed by atoms with van der Waals surface area (Å²) in [4.78, 5) is 14.3. The smallest absolute Gasteiger partial charge is 0.222 e. The van der Waals surface area contributed by atoms with Crippen LogP contribution in [-0.4, -0.2) is 36.5 Å². The lowest BCUT2D eigenvalue weighted by Crippen LogP contribution is -2.44. The molecule has 1 heterocycles. The number of ether oxygens (including phenoxy) is 1. The van der Waals surface area contributed by atoms with Crippen molar-refractivity contribution in [2.75, 3.05) is 19.6 Å². The van der Waals surface area contributed by atoms with Gasteiger partial charge in [0.2, 0.25) is 5.91 Å². The molecule has 1 aliphatic heterocycles. The Labute approximate surface area is 166 Å². The molecule has 0 spiro atoms. The Morgan fingerprint density at radius 3 is 2.68 bits per heavy atom. The van der Waals surface area contributed by atoms with E-state index in [4.69, 9.17) is 33.7 Å². The highest BCUT2D eigenvalue weighted by Crippen LogP contribution is 2.28. The monoisotopic (exact) mass is 408 g/mol. The van der Waals surface area contributed by atoms with E-state index in [-0.39, 0.29) is 24.4 Å². The molecule has 2 N–H and O–H groups in total. The number of unbranched alkanes of at least 4 members (excludes halogenated alkanes) is 3. The third-order valence-electron chi connectivity index (χ3n) is 4.27. The Balaban J connectivity index is 0.00000312. The molecular weight excluding hydrogens is 383 g/mol. The molecular formula is C18H27Cl3N2O2. The van der Waals surface area contributed by atoms with E-state index in [1.165, 1.54) is 0 Å². The molecule has 0 radical (unpaired) electrons. The van der Waals surface area contributed by atoms with E-state index < -0.39 is 0 Å². The van der Waals surface area contributed by atoms with Crippen molar-refractivity contribution in [1.29, 1.82) is 0 Å². The zero-order valence-corrected chi connectivity index (χ0v) is 16.7. The number of carbonyl (C=O) groups excluding carboxylic acids is 1. The largest absolute Gasteiger partial charge is 0.489 e. The number of amides is 1. The van der Waals surface area contributed by atoms with Crippen LogP contribution in [0.15, 0.2) is 18.2 Å². The van der Waals surface area contributed by atoms with Gasteiger partial charge in [0.05, 0.1) is 16.6 Å². The number of rotatable bonds is 8. The summed E-state index contributed by atoms with van der Waals surface area (Å²) in [6.45, 7) is 2.19. The third kappa shape index (κ3) is 7.61. The Morgan fingerprint density at radius 2 is 1.96 bits per heavy atom. The van der Waals surface area contributed by atoms with Crippen molar-refractivity contribution in [3.05, 3.63) is 28.2 Å². The maximum atomic E-state index is 12.3. The molecule has 1 aromatic rings. The summed E-state index contributed by atoms with van der Waals surface area (Å²) >= 11 is 11.9. The van der Waals surface area contributed by atoms with E-state index in [0.717, 1.165) is 51.6 Å². The topological polar surface area (TPSA) is 55.6 Å². The van der Waals surface area contributed by atoms with E-state index >= 15 is 0 Å². The van der Waals surface area contributed by atoms with Crippen LogP contribution >= 0.6 is 35.6 Å². The van der Waals surface area contributed by atoms with Crippen LogP contribution in [0.3, 0.4) is 0 Å². The maximum absolute atomic E-state index is 12.3. The lowest BCUT2D eigenvalue weighted by atomic mass is 10.1. The summed E-state index contributed by atoms with van der Waals surface area (Å²) in [6.07, 6.45) is 6.69. The molecule has 4 nitrogen and oxygen atoms in total. The molecule has 1 aliphatic rings. The number of hydrogen-bond donors (Lipinski definition) is 1. The normalized spacial score (nSPS) is 17.1. The van der Waals surface area contributed by atoms with Crippen LogP contribution in [0.1, 0.15) is 44.9 Å². The molecule has 0 saturated carbocycles. The van der Waals surface area contributed by atoms with Crippen LogP contribution in [0.5, 0.6) is 5.75 Å². The first kappa shape index (κ1) is 22.4. The van der Waals surface area contributed by atoms with E-state index in [9.17, 15) is 4.79 Å². The van der Waals surface area contributed by atoms with Crippen molar-refractivity contribution < 1.29 is 9.53 Å². The quantitative estimate of drug-likeness (QED) is 0.633. The van der Waals surface area contributed by atoms with Crippen LogP contribution in [0.2, 0.25) is 10.0 Å². The second-order valence-corrected chi connectivity index (χ2v) is 7.07. The molecule has 1 fully saturated rings. The lowest BCUT2D eigenvalue weighted by molar-refractivity contribution is -0.133. The minimum Gasteiger partial charge on any atom is -0.489 e. The molecule has 142 valence electrons. The molecule has 0 bridgehead atoms. The Morgan fingerprint density at radius 1 is 1.20 bits per heavy atom. The predicted molar refractivity (Wildman–Crippen MR) is 106 cm³/mol. The van der Waals surface area contributed by atoms with E-state index in [2.05, 4.69) is 0 Å². The molecule has 7 heteroatoms. The number of hydrogen-bond acceptors (Lipinski definition) is 3. The van der Waals surface area contributed by atoms with Crippen LogP contribution in [0.4, 0.5) is 0 Å². The van der Waals surface area contributed by atoms with Crippen molar-refractivity contribution in [2.24, 2.45) is 5.73 Å². The number of carbonyl (C=O) groups is 1. The number of nitrogens with zero attached hydrogens (tertiary/aromatic N) is 1. The number of likely N-dealkylation sites (tertiary alicyclic amines) is 1. The maximum Gasteiger partial charge on any atom is 0.222 e. The van der Waals surface area contributed by atoms with E-state index in [1.54, 1.807) is 12.1 Å². The highest BCUT2D eigenvalue weighted by Gasteiger charge is 2.24. The number of piperidine rings is 1. The third-order valence-corrected chi connectivity index (χ3v) is 5.01. The molecule has 0 aromatic heterocycles. The summed E-state index contributed by atoms with van der Waals surface area (Å²) in [7, 11) is 0. The van der Waals surface area contributed by atoms with Crippen molar-refractivity contribution >= 4 is 41.5 Å². The van der Waals surface area contributed by atoms with Crippen LogP contribution in [0.25, 0.3) is 0 Å². The fourth-order valence-corrected chi connectivity index (χ4v) is 3.22. The first-order chi connectivity index (χ1) is 11.6. The minimum atomic E-state index is 0. The van der Waals surface area contributed by atoms with Gasteiger partial charge >= 0.3 is 0 Å². The zero-order chi connectivity index (χ0) is 17.4. The van der Waals surface area contributed by atoms with Crippen LogP contribution in [-0.2, 0) is 4.79 Å². The van der Waals surface area contributed by atoms with E-state index in [0.29, 0.717) is 28.8 Å². The summed E-state index contributed by atoms with van der Waals surface area (Å²) in [5, 5.41) is 0.995. The van der Waals surface area contributed by atoms with Gasteiger partial charge in [0.1, 0.15) is 11.9 Å². The van der Waals surface area contributed by atoms with Gasteiger partial charge in [-0.25, -0.2) is 0 Å². The summed E-state index contributed by atoms with van der Waals surface area (Å²) in [5.74, 6) is 0.927. The summed E-state index contributed by atoms with van der Waals surface area (Å²) in [5.41, 5.74) is 5.48. The SMILES string of the molecule is Cl.NCCCCCCC(=O)N1CCCC(Oc2ccc(Cl)c(Cl)c2)C1. The fourth-order valence-electron chi connectivity index (χ4n) is 2.94. The van der Waals surface area contributed by atoms with Crippen molar-refractivity contribution in [3.8, 4) is 5.75 Å². The van der Waals surface area contributed by atoms with Gasteiger partial charge in [-0.15, -0.1) is 12.4 Å². The number of nitrogens with two attached hydrogens (primary N) is 1. The molecule has 25 heavy (non-hydrogen) atoms. The first-order valence-electron chi connectivity index (χ1n) is 8.69. The Bertz CT molecular complexity index is 543. The average Bonchev–Trinajstić information content (AvgIpc) is 2.58. The van der Waals surface area contributed by atoms with Gasteiger partial charge < -0.3 is 15.4 Å². The fraction of sp³-hybridized carbons (Fsp3) is 0.611. The van der Waals surface area contributed by atoms with Crippen molar-refractivity contribution in [3.63, 3.8) is 0 Å². The Hall–Kier alpha value is -0.680. The van der Waals surface area contributed by atoms with Crippen molar-refractivity contribution in [1.82, 2.24) is 4.90 Å².